The van der Waals surface area contributed by atoms with Gasteiger partial charge in [0.1, 0.15) is 5.69 Å². The van der Waals surface area contributed by atoms with Gasteiger partial charge in [0.15, 0.2) is 0 Å². The molecule has 7 nitrogen and oxygen atoms in total. The molecule has 2 aromatic rings. The van der Waals surface area contributed by atoms with Crippen molar-refractivity contribution in [3.63, 3.8) is 0 Å². The van der Waals surface area contributed by atoms with Crippen molar-refractivity contribution in [2.45, 2.75) is 20.4 Å². The third kappa shape index (κ3) is 3.03. The average molecular weight is 309 g/mol. The molecule has 21 heavy (non-hydrogen) atoms. The molecule has 1 N–H and O–H groups in total. The van der Waals surface area contributed by atoms with E-state index in [0.29, 0.717) is 17.8 Å². The van der Waals surface area contributed by atoms with Crippen LogP contribution in [0.1, 0.15) is 23.0 Å². The van der Waals surface area contributed by atoms with Gasteiger partial charge < -0.3 is 5.32 Å². The third-order valence-corrected chi connectivity index (χ3v) is 3.25. The minimum Gasteiger partial charge on any atom is -0.320 e. The maximum absolute atomic E-state index is 12.2. The van der Waals surface area contributed by atoms with Crippen molar-refractivity contribution < 1.29 is 9.72 Å². The van der Waals surface area contributed by atoms with Crippen molar-refractivity contribution in [3.05, 3.63) is 50.8 Å². The van der Waals surface area contributed by atoms with Gasteiger partial charge in [-0.3, -0.25) is 19.6 Å². The summed E-state index contributed by atoms with van der Waals surface area (Å²) in [6.07, 6.45) is 1.39. The molecule has 1 aromatic heterocycles. The molecule has 0 saturated carbocycles. The Labute approximate surface area is 125 Å². The molecule has 0 spiro atoms. The minimum atomic E-state index is -0.492. The summed E-state index contributed by atoms with van der Waals surface area (Å²) in [7, 11) is 0. The summed E-state index contributed by atoms with van der Waals surface area (Å²) in [5, 5.41) is 17.7. The second kappa shape index (κ2) is 5.92. The summed E-state index contributed by atoms with van der Waals surface area (Å²) in [6.45, 7) is 3.95. The normalized spacial score (nSPS) is 10.4. The van der Waals surface area contributed by atoms with Crippen molar-refractivity contribution in [2.75, 3.05) is 5.32 Å². The van der Waals surface area contributed by atoms with E-state index in [1.165, 1.54) is 16.9 Å². The van der Waals surface area contributed by atoms with Crippen LogP contribution in [0.2, 0.25) is 5.02 Å². The largest absolute Gasteiger partial charge is 0.320 e. The summed E-state index contributed by atoms with van der Waals surface area (Å²) < 4.78 is 1.46. The van der Waals surface area contributed by atoms with Crippen LogP contribution >= 0.6 is 11.6 Å². The number of amides is 1. The van der Waals surface area contributed by atoms with Crippen molar-refractivity contribution in [3.8, 4) is 0 Å². The maximum atomic E-state index is 12.2. The lowest BCUT2D eigenvalue weighted by molar-refractivity contribution is -0.385. The maximum Gasteiger partial charge on any atom is 0.275 e. The molecule has 0 atom stereocenters. The monoisotopic (exact) mass is 308 g/mol. The Kier molecular flexibility index (Phi) is 4.23. The number of rotatable bonds is 4. The SMILES string of the molecule is CCn1ncc(Cl)c1C(=O)Nc1ccc(C)c([N+](=O)[O-])c1. The Balaban J connectivity index is 2.30. The highest BCUT2D eigenvalue weighted by molar-refractivity contribution is 6.34. The summed E-state index contributed by atoms with van der Waals surface area (Å²) in [4.78, 5) is 22.6. The van der Waals surface area contributed by atoms with Gasteiger partial charge in [0.25, 0.3) is 11.6 Å². The lowest BCUT2D eigenvalue weighted by Gasteiger charge is -2.08. The molecule has 0 saturated heterocycles. The summed E-state index contributed by atoms with van der Waals surface area (Å²) >= 11 is 5.94. The Morgan fingerprint density at radius 3 is 2.86 bits per heavy atom. The van der Waals surface area contributed by atoms with Gasteiger partial charge in [0.05, 0.1) is 16.1 Å². The predicted molar refractivity (Wildman–Crippen MR) is 78.7 cm³/mol. The summed E-state index contributed by atoms with van der Waals surface area (Å²) in [5.41, 5.74) is 1.03. The van der Waals surface area contributed by atoms with Crippen LogP contribution in [0.5, 0.6) is 0 Å². The first-order valence-corrected chi connectivity index (χ1v) is 6.59. The lowest BCUT2D eigenvalue weighted by Crippen LogP contribution is -2.18. The number of benzene rings is 1. The third-order valence-electron chi connectivity index (χ3n) is 2.97. The second-order valence-corrected chi connectivity index (χ2v) is 4.78. The van der Waals surface area contributed by atoms with E-state index in [4.69, 9.17) is 11.6 Å². The van der Waals surface area contributed by atoms with Crippen LogP contribution in [-0.2, 0) is 6.54 Å². The summed E-state index contributed by atoms with van der Waals surface area (Å²) in [5.74, 6) is -0.461. The van der Waals surface area contributed by atoms with Crippen LogP contribution in [0.3, 0.4) is 0 Å². The minimum absolute atomic E-state index is 0.0529. The fourth-order valence-electron chi connectivity index (χ4n) is 1.90. The number of carbonyl (C=O) groups is 1. The molecule has 0 aliphatic carbocycles. The molecule has 8 heteroatoms. The molecule has 2 rings (SSSR count). The standard InChI is InChI=1S/C13H13ClN4O3/c1-3-17-12(10(14)7-15-17)13(19)16-9-5-4-8(2)11(6-9)18(20)21/h4-7H,3H2,1-2H3,(H,16,19). The number of nitro benzene ring substituents is 1. The Hall–Kier alpha value is -2.41. The molecule has 0 aliphatic rings. The highest BCUT2D eigenvalue weighted by atomic mass is 35.5. The van der Waals surface area contributed by atoms with Crippen LogP contribution in [0, 0.1) is 17.0 Å². The molecule has 1 heterocycles. The number of aromatic nitrogens is 2. The number of hydrogen-bond donors (Lipinski definition) is 1. The van der Waals surface area contributed by atoms with Crippen LogP contribution in [-0.4, -0.2) is 20.6 Å². The zero-order valence-corrected chi connectivity index (χ0v) is 12.2. The topological polar surface area (TPSA) is 90.1 Å². The molecule has 0 aliphatic heterocycles. The van der Waals surface area contributed by atoms with E-state index in [2.05, 4.69) is 10.4 Å². The first-order valence-electron chi connectivity index (χ1n) is 6.21. The smallest absolute Gasteiger partial charge is 0.275 e. The Bertz CT molecular complexity index is 711. The van der Waals surface area contributed by atoms with Gasteiger partial charge in [-0.1, -0.05) is 17.7 Å². The molecular weight excluding hydrogens is 296 g/mol. The Morgan fingerprint density at radius 2 is 2.24 bits per heavy atom. The van der Waals surface area contributed by atoms with E-state index in [9.17, 15) is 14.9 Å². The molecule has 110 valence electrons. The van der Waals surface area contributed by atoms with E-state index in [-0.39, 0.29) is 16.4 Å². The van der Waals surface area contributed by atoms with Gasteiger partial charge in [-0.25, -0.2) is 0 Å². The van der Waals surface area contributed by atoms with Gasteiger partial charge in [0, 0.05) is 23.9 Å². The number of nitrogens with one attached hydrogen (secondary N) is 1. The van der Waals surface area contributed by atoms with E-state index >= 15 is 0 Å². The highest BCUT2D eigenvalue weighted by Crippen LogP contribution is 2.23. The number of nitro groups is 1. The molecular formula is C13H13ClN4O3. The zero-order chi connectivity index (χ0) is 15.6. The predicted octanol–water partition coefficient (Wildman–Crippen LogP) is 3.03. The van der Waals surface area contributed by atoms with E-state index < -0.39 is 10.8 Å². The molecule has 0 bridgehead atoms. The average Bonchev–Trinajstić information content (AvgIpc) is 2.81. The quantitative estimate of drug-likeness (QED) is 0.694. The van der Waals surface area contributed by atoms with Crippen LogP contribution < -0.4 is 5.32 Å². The molecule has 0 unspecified atom stereocenters. The number of nitrogens with zero attached hydrogens (tertiary/aromatic N) is 3. The molecule has 0 radical (unpaired) electrons. The van der Waals surface area contributed by atoms with E-state index in [1.807, 2.05) is 6.92 Å². The number of anilines is 1. The number of carbonyl (C=O) groups excluding carboxylic acids is 1. The van der Waals surface area contributed by atoms with Gasteiger partial charge in [-0.2, -0.15) is 5.10 Å². The van der Waals surface area contributed by atoms with Gasteiger partial charge >= 0.3 is 0 Å². The molecule has 1 amide bonds. The van der Waals surface area contributed by atoms with E-state index in [0.717, 1.165) is 0 Å². The number of hydrogen-bond acceptors (Lipinski definition) is 4. The van der Waals surface area contributed by atoms with Crippen molar-refractivity contribution in [1.29, 1.82) is 0 Å². The Morgan fingerprint density at radius 1 is 1.52 bits per heavy atom. The molecule has 0 fully saturated rings. The summed E-state index contributed by atoms with van der Waals surface area (Å²) in [6, 6.07) is 4.49. The van der Waals surface area contributed by atoms with E-state index in [1.54, 1.807) is 19.1 Å². The number of aryl methyl sites for hydroxylation is 2. The first-order chi connectivity index (χ1) is 9.93. The van der Waals surface area contributed by atoms with Gasteiger partial charge in [-0.15, -0.1) is 0 Å². The second-order valence-electron chi connectivity index (χ2n) is 4.37. The van der Waals surface area contributed by atoms with Crippen molar-refractivity contribution in [2.24, 2.45) is 0 Å². The van der Waals surface area contributed by atoms with Crippen LogP contribution in [0.25, 0.3) is 0 Å². The number of halogens is 1. The fourth-order valence-corrected chi connectivity index (χ4v) is 2.13. The van der Waals surface area contributed by atoms with Crippen molar-refractivity contribution in [1.82, 2.24) is 9.78 Å². The molecule has 1 aromatic carbocycles. The van der Waals surface area contributed by atoms with Crippen LogP contribution in [0.4, 0.5) is 11.4 Å². The lowest BCUT2D eigenvalue weighted by atomic mass is 10.2. The zero-order valence-electron chi connectivity index (χ0n) is 11.5. The van der Waals surface area contributed by atoms with Crippen molar-refractivity contribution >= 4 is 28.9 Å². The van der Waals surface area contributed by atoms with Gasteiger partial charge in [0.2, 0.25) is 0 Å². The van der Waals surface area contributed by atoms with Gasteiger partial charge in [-0.05, 0) is 19.9 Å². The highest BCUT2D eigenvalue weighted by Gasteiger charge is 2.18. The van der Waals surface area contributed by atoms with Crippen LogP contribution in [0.15, 0.2) is 24.4 Å². The fraction of sp³-hybridized carbons (Fsp3) is 0.231. The first kappa shape index (κ1) is 15.0.